The van der Waals surface area contributed by atoms with E-state index in [4.69, 9.17) is 0 Å². The van der Waals surface area contributed by atoms with Crippen molar-refractivity contribution in [3.8, 4) is 11.3 Å². The first-order valence-electron chi connectivity index (χ1n) is 12.5. The van der Waals surface area contributed by atoms with Crippen molar-refractivity contribution in [2.45, 2.75) is 45.7 Å². The smallest absolute Gasteiger partial charge is 0.229 e. The third-order valence-electron chi connectivity index (χ3n) is 7.01. The first-order valence-corrected chi connectivity index (χ1v) is 12.5. The van der Waals surface area contributed by atoms with Crippen LogP contribution in [0.3, 0.4) is 0 Å². The molecule has 1 aliphatic heterocycles. The van der Waals surface area contributed by atoms with Gasteiger partial charge in [-0.15, -0.1) is 0 Å². The molecule has 0 amide bonds. The van der Waals surface area contributed by atoms with E-state index in [2.05, 4.69) is 47.4 Å². The number of nitrogens with zero attached hydrogens (tertiary/aromatic N) is 6. The summed E-state index contributed by atoms with van der Waals surface area (Å²) >= 11 is 0. The van der Waals surface area contributed by atoms with E-state index in [0.29, 0.717) is 28.8 Å². The van der Waals surface area contributed by atoms with Gasteiger partial charge in [0, 0.05) is 29.2 Å². The minimum atomic E-state index is -0.640. The number of pyridine rings is 1. The molecule has 1 aromatic carbocycles. The Hall–Kier alpha value is -3.92. The monoisotopic (exact) mass is 502 g/mol. The largest absolute Gasteiger partial charge is 0.343 e. The van der Waals surface area contributed by atoms with E-state index in [0.717, 1.165) is 43.0 Å². The molecular formula is C27H28F2N8. The van der Waals surface area contributed by atoms with Crippen LogP contribution in [0.5, 0.6) is 0 Å². The third kappa shape index (κ3) is 4.21. The van der Waals surface area contributed by atoms with E-state index in [1.807, 2.05) is 37.6 Å². The number of rotatable bonds is 5. The van der Waals surface area contributed by atoms with Crippen molar-refractivity contribution in [1.29, 1.82) is 0 Å². The summed E-state index contributed by atoms with van der Waals surface area (Å²) in [6.45, 7) is 7.85. The lowest BCUT2D eigenvalue weighted by Gasteiger charge is -2.25. The number of halogens is 2. The summed E-state index contributed by atoms with van der Waals surface area (Å²) in [5.41, 5.74) is 2.25. The normalized spacial score (nSPS) is 14.8. The highest BCUT2D eigenvalue weighted by molar-refractivity contribution is 5.84. The Morgan fingerprint density at radius 2 is 1.81 bits per heavy atom. The number of aryl methyl sites for hydroxylation is 1. The molecule has 1 saturated heterocycles. The summed E-state index contributed by atoms with van der Waals surface area (Å²) in [7, 11) is 0. The van der Waals surface area contributed by atoms with Crippen molar-refractivity contribution in [3.05, 3.63) is 60.3 Å². The summed E-state index contributed by atoms with van der Waals surface area (Å²) < 4.78 is 34.0. The zero-order valence-corrected chi connectivity index (χ0v) is 21.0. The van der Waals surface area contributed by atoms with Gasteiger partial charge in [0.2, 0.25) is 5.95 Å². The Bertz CT molecular complexity index is 1610. The molecule has 0 unspecified atom stereocenters. The quantitative estimate of drug-likeness (QED) is 0.322. The molecule has 190 valence electrons. The van der Waals surface area contributed by atoms with Gasteiger partial charge < -0.3 is 19.8 Å². The molecule has 1 aliphatic rings. The van der Waals surface area contributed by atoms with Crippen molar-refractivity contribution in [3.63, 3.8) is 0 Å². The highest BCUT2D eigenvalue weighted by atomic mass is 19.1. The van der Waals surface area contributed by atoms with Crippen molar-refractivity contribution in [2.24, 2.45) is 0 Å². The SMILES string of the molecule is Cc1nc2c(F)cc(-c3nc(Nc4cc5ccn(C6CCNCC6)c5cn4)ncc3F)cc2n1C(C)C. The van der Waals surface area contributed by atoms with Gasteiger partial charge in [0.25, 0.3) is 0 Å². The van der Waals surface area contributed by atoms with Crippen LogP contribution in [0.4, 0.5) is 20.5 Å². The number of imidazole rings is 1. The van der Waals surface area contributed by atoms with E-state index in [9.17, 15) is 8.78 Å². The van der Waals surface area contributed by atoms with Gasteiger partial charge in [0.1, 0.15) is 22.9 Å². The third-order valence-corrected chi connectivity index (χ3v) is 7.01. The molecule has 2 N–H and O–H groups in total. The molecule has 0 saturated carbocycles. The zero-order chi connectivity index (χ0) is 25.7. The highest BCUT2D eigenvalue weighted by Gasteiger charge is 2.19. The predicted octanol–water partition coefficient (Wildman–Crippen LogP) is 5.68. The second-order valence-corrected chi connectivity index (χ2v) is 9.80. The lowest BCUT2D eigenvalue weighted by molar-refractivity contribution is 0.376. The molecule has 0 bridgehead atoms. The van der Waals surface area contributed by atoms with E-state index >= 15 is 0 Å². The van der Waals surface area contributed by atoms with Gasteiger partial charge in [0.15, 0.2) is 11.6 Å². The molecule has 0 radical (unpaired) electrons. The van der Waals surface area contributed by atoms with Crippen LogP contribution < -0.4 is 10.6 Å². The first kappa shape index (κ1) is 23.5. The highest BCUT2D eigenvalue weighted by Crippen LogP contribution is 2.31. The maximum Gasteiger partial charge on any atom is 0.229 e. The maximum atomic E-state index is 15.0. The van der Waals surface area contributed by atoms with E-state index in [1.165, 1.54) is 6.07 Å². The number of benzene rings is 1. The van der Waals surface area contributed by atoms with Crippen LogP contribution in [0, 0.1) is 18.6 Å². The Morgan fingerprint density at radius 1 is 1.00 bits per heavy atom. The van der Waals surface area contributed by atoms with Gasteiger partial charge in [-0.3, -0.25) is 0 Å². The number of hydrogen-bond acceptors (Lipinski definition) is 6. The standard InChI is InChI=1S/C27H28F2N8/c1-15(2)37-16(3)33-26-20(28)10-18(11-22(26)37)25-21(29)13-32-27(35-25)34-24-12-17-6-9-36(23(17)14-31-24)19-4-7-30-8-5-19/h6,9-15,19,30H,4-5,7-8H2,1-3H3,(H,31,32,34,35). The molecule has 8 nitrogen and oxygen atoms in total. The Labute approximate surface area is 212 Å². The fraction of sp³-hybridized carbons (Fsp3) is 0.333. The first-order chi connectivity index (χ1) is 17.9. The summed E-state index contributed by atoms with van der Waals surface area (Å²) in [5.74, 6) is 0.257. The summed E-state index contributed by atoms with van der Waals surface area (Å²) in [4.78, 5) is 17.4. The van der Waals surface area contributed by atoms with Crippen LogP contribution in [0.1, 0.15) is 44.6 Å². The van der Waals surface area contributed by atoms with Crippen LogP contribution in [-0.2, 0) is 0 Å². The van der Waals surface area contributed by atoms with E-state index in [-0.39, 0.29) is 23.2 Å². The van der Waals surface area contributed by atoms with Crippen molar-refractivity contribution in [1.82, 2.24) is 34.4 Å². The van der Waals surface area contributed by atoms with Crippen LogP contribution in [0.2, 0.25) is 0 Å². The van der Waals surface area contributed by atoms with Crippen molar-refractivity contribution >= 4 is 33.7 Å². The van der Waals surface area contributed by atoms with Crippen molar-refractivity contribution < 1.29 is 8.78 Å². The molecule has 5 aromatic rings. The topological polar surface area (TPSA) is 85.5 Å². The van der Waals surface area contributed by atoms with E-state index in [1.54, 1.807) is 6.07 Å². The minimum Gasteiger partial charge on any atom is -0.343 e. The molecule has 1 fully saturated rings. The molecule has 0 spiro atoms. The van der Waals surface area contributed by atoms with Crippen LogP contribution in [0.25, 0.3) is 33.2 Å². The molecule has 10 heteroatoms. The number of nitrogens with one attached hydrogen (secondary N) is 2. The zero-order valence-electron chi connectivity index (χ0n) is 21.0. The lowest BCUT2D eigenvalue weighted by Crippen LogP contribution is -2.29. The number of fused-ring (bicyclic) bond motifs is 2. The molecule has 6 rings (SSSR count). The van der Waals surface area contributed by atoms with Crippen LogP contribution in [-0.4, -0.2) is 42.2 Å². The number of aromatic nitrogens is 6. The molecule has 0 atom stereocenters. The second-order valence-electron chi connectivity index (χ2n) is 9.80. The minimum absolute atomic E-state index is 0.00518. The van der Waals surface area contributed by atoms with Gasteiger partial charge in [0.05, 0.1) is 23.4 Å². The fourth-order valence-electron chi connectivity index (χ4n) is 5.33. The van der Waals surface area contributed by atoms with Gasteiger partial charge in [-0.25, -0.2) is 28.7 Å². The van der Waals surface area contributed by atoms with Crippen LogP contribution in [0.15, 0.2) is 42.9 Å². The second kappa shape index (κ2) is 9.19. The average molecular weight is 503 g/mol. The molecular weight excluding hydrogens is 474 g/mol. The Morgan fingerprint density at radius 3 is 2.59 bits per heavy atom. The van der Waals surface area contributed by atoms with Crippen LogP contribution >= 0.6 is 0 Å². The summed E-state index contributed by atoms with van der Waals surface area (Å²) in [6, 6.07) is 7.51. The number of hydrogen-bond donors (Lipinski definition) is 2. The Balaban J connectivity index is 1.33. The summed E-state index contributed by atoms with van der Waals surface area (Å²) in [5, 5.41) is 7.52. The molecule has 5 heterocycles. The maximum absolute atomic E-state index is 15.0. The summed E-state index contributed by atoms with van der Waals surface area (Å²) in [6.07, 6.45) is 7.19. The number of anilines is 2. The van der Waals surface area contributed by atoms with Gasteiger partial charge >= 0.3 is 0 Å². The Kier molecular flexibility index (Phi) is 5.83. The molecule has 4 aromatic heterocycles. The van der Waals surface area contributed by atoms with E-state index < -0.39 is 11.6 Å². The molecule has 37 heavy (non-hydrogen) atoms. The number of piperidine rings is 1. The predicted molar refractivity (Wildman–Crippen MR) is 140 cm³/mol. The average Bonchev–Trinajstić information content (AvgIpc) is 3.46. The van der Waals surface area contributed by atoms with Crippen molar-refractivity contribution in [2.75, 3.05) is 18.4 Å². The molecule has 0 aliphatic carbocycles. The van der Waals surface area contributed by atoms with Gasteiger partial charge in [-0.05, 0) is 71.0 Å². The fourth-order valence-corrected chi connectivity index (χ4v) is 5.33. The van der Waals surface area contributed by atoms with Gasteiger partial charge in [-0.2, -0.15) is 0 Å². The lowest BCUT2D eigenvalue weighted by atomic mass is 10.1. The van der Waals surface area contributed by atoms with Gasteiger partial charge in [-0.1, -0.05) is 0 Å².